The van der Waals surface area contributed by atoms with Gasteiger partial charge in [-0.25, -0.2) is 0 Å². The maximum atomic E-state index is 13.3. The lowest BCUT2D eigenvalue weighted by molar-refractivity contribution is -0.141. The van der Waals surface area contributed by atoms with Crippen molar-refractivity contribution in [1.82, 2.24) is 4.90 Å². The van der Waals surface area contributed by atoms with Gasteiger partial charge in [0.2, 0.25) is 0 Å². The van der Waals surface area contributed by atoms with Crippen LogP contribution in [0.4, 0.5) is 0 Å². The van der Waals surface area contributed by atoms with Gasteiger partial charge in [0.25, 0.3) is 11.7 Å². The van der Waals surface area contributed by atoms with Crippen molar-refractivity contribution < 1.29 is 24.2 Å². The standard InChI is InChI=1S/C27H31NO5/c1-5-33-20-12-8-9-18(15-20)24-23(26(30)27(31)28(24)19-10-6-7-11-19)25(29)21-13-17(3)22(32-4)14-16(21)2/h8-9,12-15,19,24,29H,5-7,10-11H2,1-4H3/b25-23+. The van der Waals surface area contributed by atoms with Crippen LogP contribution in [-0.2, 0) is 9.59 Å². The highest BCUT2D eigenvalue weighted by atomic mass is 16.5. The lowest BCUT2D eigenvalue weighted by atomic mass is 9.92. The summed E-state index contributed by atoms with van der Waals surface area (Å²) in [6, 6.07) is 10.4. The molecule has 4 rings (SSSR count). The third-order valence-corrected chi connectivity index (χ3v) is 6.68. The number of rotatable bonds is 6. The van der Waals surface area contributed by atoms with Crippen LogP contribution in [0.15, 0.2) is 42.0 Å². The van der Waals surface area contributed by atoms with Crippen molar-refractivity contribution in [3.05, 3.63) is 64.2 Å². The molecule has 1 saturated heterocycles. The summed E-state index contributed by atoms with van der Waals surface area (Å²) in [6.45, 7) is 6.16. The van der Waals surface area contributed by atoms with E-state index in [2.05, 4.69) is 0 Å². The lowest BCUT2D eigenvalue weighted by Crippen LogP contribution is -2.37. The highest BCUT2D eigenvalue weighted by molar-refractivity contribution is 6.46. The number of benzene rings is 2. The number of aryl methyl sites for hydroxylation is 2. The Balaban J connectivity index is 1.91. The largest absolute Gasteiger partial charge is 0.507 e. The summed E-state index contributed by atoms with van der Waals surface area (Å²) in [4.78, 5) is 28.3. The Bertz CT molecular complexity index is 1110. The number of hydrogen-bond acceptors (Lipinski definition) is 5. The normalized spacial score (nSPS) is 20.5. The average Bonchev–Trinajstić information content (AvgIpc) is 3.42. The molecule has 1 heterocycles. The highest BCUT2D eigenvalue weighted by Crippen LogP contribution is 2.44. The lowest BCUT2D eigenvalue weighted by Gasteiger charge is -2.31. The van der Waals surface area contributed by atoms with Crippen molar-refractivity contribution in [2.45, 2.75) is 58.5 Å². The number of methoxy groups -OCH3 is 1. The fourth-order valence-corrected chi connectivity index (χ4v) is 5.09. The number of likely N-dealkylation sites (tertiary alicyclic amines) is 1. The maximum absolute atomic E-state index is 13.3. The number of hydrogen-bond donors (Lipinski definition) is 1. The summed E-state index contributed by atoms with van der Waals surface area (Å²) in [5, 5.41) is 11.5. The molecule has 6 nitrogen and oxygen atoms in total. The van der Waals surface area contributed by atoms with E-state index in [-0.39, 0.29) is 17.4 Å². The Morgan fingerprint density at radius 2 is 1.82 bits per heavy atom. The van der Waals surface area contributed by atoms with E-state index < -0.39 is 17.7 Å². The van der Waals surface area contributed by atoms with Gasteiger partial charge in [-0.1, -0.05) is 25.0 Å². The Hall–Kier alpha value is -3.28. The predicted molar refractivity (Wildman–Crippen MR) is 126 cm³/mol. The van der Waals surface area contributed by atoms with Gasteiger partial charge in [0.1, 0.15) is 17.3 Å². The number of aliphatic hydroxyl groups excluding tert-OH is 1. The molecule has 1 atom stereocenters. The van der Waals surface area contributed by atoms with Crippen LogP contribution >= 0.6 is 0 Å². The molecular weight excluding hydrogens is 418 g/mol. The van der Waals surface area contributed by atoms with Crippen LogP contribution in [0.5, 0.6) is 11.5 Å². The van der Waals surface area contributed by atoms with Crippen molar-refractivity contribution in [3.63, 3.8) is 0 Å². The second kappa shape index (κ2) is 9.30. The average molecular weight is 450 g/mol. The molecule has 1 N–H and O–H groups in total. The summed E-state index contributed by atoms with van der Waals surface area (Å²) in [7, 11) is 1.60. The SMILES string of the molecule is CCOc1cccc(C2/C(=C(\O)c3cc(C)c(OC)cc3C)C(=O)C(=O)N2C2CCCC2)c1. The Morgan fingerprint density at radius 1 is 1.09 bits per heavy atom. The van der Waals surface area contributed by atoms with E-state index in [1.165, 1.54) is 0 Å². The molecule has 0 spiro atoms. The molecule has 1 aliphatic carbocycles. The minimum absolute atomic E-state index is 0.0220. The number of carbonyl (C=O) groups is 2. The molecular formula is C27H31NO5. The third kappa shape index (κ3) is 4.10. The molecule has 2 aliphatic rings. The van der Waals surface area contributed by atoms with Gasteiger partial charge in [-0.05, 0) is 74.6 Å². The highest BCUT2D eigenvalue weighted by Gasteiger charge is 2.49. The Kier molecular flexibility index (Phi) is 6.45. The summed E-state index contributed by atoms with van der Waals surface area (Å²) in [6.07, 6.45) is 3.76. The van der Waals surface area contributed by atoms with Gasteiger partial charge < -0.3 is 19.5 Å². The van der Waals surface area contributed by atoms with Crippen LogP contribution in [0.2, 0.25) is 0 Å². The van der Waals surface area contributed by atoms with E-state index in [1.54, 1.807) is 18.1 Å². The molecule has 2 fully saturated rings. The van der Waals surface area contributed by atoms with Crippen molar-refractivity contribution >= 4 is 17.4 Å². The van der Waals surface area contributed by atoms with Gasteiger partial charge >= 0.3 is 0 Å². The smallest absolute Gasteiger partial charge is 0.295 e. The zero-order valence-electron chi connectivity index (χ0n) is 19.7. The molecule has 6 heteroatoms. The fourth-order valence-electron chi connectivity index (χ4n) is 5.09. The zero-order valence-corrected chi connectivity index (χ0v) is 19.7. The summed E-state index contributed by atoms with van der Waals surface area (Å²) in [5.74, 6) is 0.0426. The molecule has 1 unspecified atom stereocenters. The number of ether oxygens (including phenoxy) is 2. The molecule has 1 amide bonds. The molecule has 0 radical (unpaired) electrons. The van der Waals surface area contributed by atoms with Crippen molar-refractivity contribution in [2.75, 3.05) is 13.7 Å². The molecule has 2 aromatic rings. The predicted octanol–water partition coefficient (Wildman–Crippen LogP) is 5.08. The number of amides is 1. The van der Waals surface area contributed by atoms with E-state index >= 15 is 0 Å². The first-order valence-corrected chi connectivity index (χ1v) is 11.6. The minimum Gasteiger partial charge on any atom is -0.507 e. The number of ketones is 1. The first-order chi connectivity index (χ1) is 15.9. The minimum atomic E-state index is -0.657. The molecule has 2 aromatic carbocycles. The van der Waals surface area contributed by atoms with Crippen molar-refractivity contribution in [2.24, 2.45) is 0 Å². The van der Waals surface area contributed by atoms with Gasteiger partial charge in [-0.3, -0.25) is 9.59 Å². The van der Waals surface area contributed by atoms with E-state index in [0.717, 1.165) is 42.4 Å². The van der Waals surface area contributed by atoms with Gasteiger partial charge in [-0.2, -0.15) is 0 Å². The number of carbonyl (C=O) groups excluding carboxylic acids is 2. The molecule has 174 valence electrons. The quantitative estimate of drug-likeness (QED) is 0.378. The topological polar surface area (TPSA) is 76.1 Å². The Morgan fingerprint density at radius 3 is 2.48 bits per heavy atom. The van der Waals surface area contributed by atoms with Gasteiger partial charge in [0, 0.05) is 11.6 Å². The van der Waals surface area contributed by atoms with Gasteiger partial charge in [-0.15, -0.1) is 0 Å². The van der Waals surface area contributed by atoms with E-state index in [9.17, 15) is 14.7 Å². The van der Waals surface area contributed by atoms with Crippen molar-refractivity contribution in [1.29, 1.82) is 0 Å². The Labute approximate surface area is 194 Å². The zero-order chi connectivity index (χ0) is 23.7. The third-order valence-electron chi connectivity index (χ3n) is 6.68. The molecule has 0 bridgehead atoms. The molecule has 1 aliphatic heterocycles. The van der Waals surface area contributed by atoms with Gasteiger partial charge in [0.15, 0.2) is 0 Å². The van der Waals surface area contributed by atoms with E-state index in [1.807, 2.05) is 51.1 Å². The van der Waals surface area contributed by atoms with Crippen LogP contribution in [0.1, 0.15) is 60.9 Å². The van der Waals surface area contributed by atoms with Crippen LogP contribution in [0, 0.1) is 13.8 Å². The first kappa shape index (κ1) is 22.9. The number of nitrogens with zero attached hydrogens (tertiary/aromatic N) is 1. The second-order valence-electron chi connectivity index (χ2n) is 8.79. The van der Waals surface area contributed by atoms with Crippen molar-refractivity contribution in [3.8, 4) is 11.5 Å². The number of aliphatic hydroxyl groups is 1. The van der Waals surface area contributed by atoms with E-state index in [0.29, 0.717) is 23.7 Å². The van der Waals surface area contributed by atoms with E-state index in [4.69, 9.17) is 9.47 Å². The van der Waals surface area contributed by atoms with Crippen LogP contribution < -0.4 is 9.47 Å². The van der Waals surface area contributed by atoms with Crippen LogP contribution in [0.25, 0.3) is 5.76 Å². The summed E-state index contributed by atoms with van der Waals surface area (Å²) < 4.78 is 11.1. The summed E-state index contributed by atoms with van der Waals surface area (Å²) >= 11 is 0. The molecule has 1 saturated carbocycles. The van der Waals surface area contributed by atoms with Crippen LogP contribution in [-0.4, -0.2) is 41.5 Å². The molecule has 0 aromatic heterocycles. The van der Waals surface area contributed by atoms with Crippen LogP contribution in [0.3, 0.4) is 0 Å². The summed E-state index contributed by atoms with van der Waals surface area (Å²) in [5.41, 5.74) is 3.03. The number of Topliss-reactive ketones (excluding diaryl/α,β-unsaturated/α-hetero) is 1. The maximum Gasteiger partial charge on any atom is 0.295 e. The first-order valence-electron chi connectivity index (χ1n) is 11.6. The fraction of sp³-hybridized carbons (Fsp3) is 0.407. The monoisotopic (exact) mass is 449 g/mol. The second-order valence-corrected chi connectivity index (χ2v) is 8.79. The van der Waals surface area contributed by atoms with Gasteiger partial charge in [0.05, 0.1) is 25.3 Å². The molecule has 33 heavy (non-hydrogen) atoms.